The lowest BCUT2D eigenvalue weighted by atomic mass is 9.83. The summed E-state index contributed by atoms with van der Waals surface area (Å²) >= 11 is 23.9. The zero-order chi connectivity index (χ0) is 17.0. The first-order valence-electron chi connectivity index (χ1n) is 6.06. The predicted molar refractivity (Wildman–Crippen MR) is 84.1 cm³/mol. The summed E-state index contributed by atoms with van der Waals surface area (Å²) in [5, 5.41) is 10.3. The van der Waals surface area contributed by atoms with Gasteiger partial charge in [-0.1, -0.05) is 52.5 Å². The zero-order valence-corrected chi connectivity index (χ0v) is 13.9. The topological polar surface area (TPSA) is 74.3 Å². The van der Waals surface area contributed by atoms with E-state index in [1.54, 1.807) is 0 Å². The molecule has 0 aromatic heterocycles. The average molecular weight is 389 g/mol. The van der Waals surface area contributed by atoms with E-state index in [1.807, 2.05) is 0 Å². The van der Waals surface area contributed by atoms with Gasteiger partial charge in [0, 0.05) is 11.1 Å². The Morgan fingerprint density at radius 2 is 1.26 bits per heavy atom. The molecule has 116 valence electrons. The molecular weight excluding hydrogens is 386 g/mol. The molecule has 0 heterocycles. The Bertz CT molecular complexity index is 934. The Labute approximate surface area is 149 Å². The van der Waals surface area contributed by atoms with Crippen LogP contribution >= 0.6 is 46.4 Å². The van der Waals surface area contributed by atoms with Crippen LogP contribution in [-0.4, -0.2) is 17.5 Å². The van der Waals surface area contributed by atoms with E-state index in [1.165, 1.54) is 6.07 Å². The van der Waals surface area contributed by atoms with Crippen molar-refractivity contribution in [2.24, 2.45) is 0 Å². The maximum Gasteiger partial charge on any atom is 0.196 e. The number of carbonyl (C=O) groups excluding carboxylic acids is 3. The second-order valence-corrected chi connectivity index (χ2v) is 6.22. The van der Waals surface area contributed by atoms with Gasteiger partial charge in [0.15, 0.2) is 11.6 Å². The van der Waals surface area contributed by atoms with E-state index in [9.17, 15) is 19.5 Å². The van der Waals surface area contributed by atoms with Crippen molar-refractivity contribution in [3.63, 3.8) is 0 Å². The molecule has 2 aromatic rings. The highest BCUT2D eigenvalue weighted by Gasteiger charge is 2.36. The fourth-order valence-electron chi connectivity index (χ4n) is 2.38. The lowest BCUT2D eigenvalue weighted by Crippen LogP contribution is -2.26. The summed E-state index contributed by atoms with van der Waals surface area (Å²) in [6.45, 7) is 0. The van der Waals surface area contributed by atoms with Crippen LogP contribution in [0.4, 0.5) is 0 Å². The summed E-state index contributed by atoms with van der Waals surface area (Å²) in [5.74, 6) is -2.73. The highest BCUT2D eigenvalue weighted by molar-refractivity contribution is 6.55. The Morgan fingerprint density at radius 1 is 0.783 bits per heavy atom. The van der Waals surface area contributed by atoms with Crippen molar-refractivity contribution in [3.05, 3.63) is 66.1 Å². The smallest absolute Gasteiger partial charge is 0.196 e. The molecule has 1 aliphatic rings. The average Bonchev–Trinajstić information content (AvgIpc) is 2.53. The van der Waals surface area contributed by atoms with E-state index >= 15 is 0 Å². The first-order chi connectivity index (χ1) is 10.8. The van der Waals surface area contributed by atoms with Crippen LogP contribution in [0.15, 0.2) is 18.2 Å². The number of ketones is 2. The third kappa shape index (κ3) is 2.25. The van der Waals surface area contributed by atoms with Crippen molar-refractivity contribution in [3.8, 4) is 0 Å². The van der Waals surface area contributed by atoms with Crippen LogP contribution in [-0.2, 0) is 0 Å². The molecule has 0 aliphatic heterocycles. The summed E-state index contributed by atoms with van der Waals surface area (Å²) in [6.07, 6.45) is 0. The van der Waals surface area contributed by atoms with Gasteiger partial charge in [0.25, 0.3) is 0 Å². The van der Waals surface area contributed by atoms with Crippen LogP contribution in [0.5, 0.6) is 0 Å². The molecule has 0 N–H and O–H groups in total. The number of carbonyl (C=O) groups is 3. The molecule has 4 nitrogen and oxygen atoms in total. The summed E-state index contributed by atoms with van der Waals surface area (Å²) in [6, 6.07) is 3.44. The SMILES string of the molecule is O=C([O-])c1ccc2c(c1)C(=O)c1c(Cl)c(Cl)c(Cl)c(Cl)c1C2=O. The number of hydrogen-bond acceptors (Lipinski definition) is 4. The maximum atomic E-state index is 12.7. The second kappa shape index (κ2) is 5.49. The molecule has 0 amide bonds. The van der Waals surface area contributed by atoms with Crippen molar-refractivity contribution in [2.75, 3.05) is 0 Å². The van der Waals surface area contributed by atoms with Crippen molar-refractivity contribution in [1.29, 1.82) is 0 Å². The van der Waals surface area contributed by atoms with Crippen LogP contribution in [0, 0.1) is 0 Å². The van der Waals surface area contributed by atoms with Gasteiger partial charge in [-0.3, -0.25) is 9.59 Å². The molecular formula is C15H3Cl4O4-. The molecule has 0 radical (unpaired) electrons. The van der Waals surface area contributed by atoms with Gasteiger partial charge in [0.2, 0.25) is 0 Å². The van der Waals surface area contributed by atoms with Gasteiger partial charge in [0.1, 0.15) is 0 Å². The van der Waals surface area contributed by atoms with E-state index in [0.29, 0.717) is 0 Å². The molecule has 0 spiro atoms. The summed E-state index contributed by atoms with van der Waals surface area (Å²) in [4.78, 5) is 36.2. The van der Waals surface area contributed by atoms with E-state index < -0.39 is 17.5 Å². The quantitative estimate of drug-likeness (QED) is 0.472. The molecule has 1 aliphatic carbocycles. The predicted octanol–water partition coefficient (Wildman–Crippen LogP) is 3.44. The highest BCUT2D eigenvalue weighted by Crippen LogP contribution is 2.45. The first kappa shape index (κ1) is 16.3. The van der Waals surface area contributed by atoms with Gasteiger partial charge < -0.3 is 9.90 Å². The minimum absolute atomic E-state index is 0.00357. The zero-order valence-electron chi connectivity index (χ0n) is 10.9. The van der Waals surface area contributed by atoms with Crippen LogP contribution in [0.25, 0.3) is 0 Å². The van der Waals surface area contributed by atoms with Crippen LogP contribution in [0.3, 0.4) is 0 Å². The normalized spacial score (nSPS) is 12.9. The molecule has 0 fully saturated rings. The number of carboxylic acids is 1. The van der Waals surface area contributed by atoms with Gasteiger partial charge in [-0.15, -0.1) is 0 Å². The fourth-order valence-corrected chi connectivity index (χ4v) is 3.41. The summed E-state index contributed by atoms with van der Waals surface area (Å²) < 4.78 is 0. The molecule has 0 saturated heterocycles. The van der Waals surface area contributed by atoms with E-state index in [-0.39, 0.29) is 47.9 Å². The number of aromatic carboxylic acids is 1. The number of hydrogen-bond donors (Lipinski definition) is 0. The number of rotatable bonds is 1. The number of fused-ring (bicyclic) bond motifs is 2. The summed E-state index contributed by atoms with van der Waals surface area (Å²) in [7, 11) is 0. The van der Waals surface area contributed by atoms with Crippen LogP contribution in [0.2, 0.25) is 20.1 Å². The third-order valence-electron chi connectivity index (χ3n) is 3.47. The monoisotopic (exact) mass is 387 g/mol. The Balaban J connectivity index is 2.38. The highest BCUT2D eigenvalue weighted by atomic mass is 35.5. The van der Waals surface area contributed by atoms with Crippen molar-refractivity contribution >= 4 is 63.9 Å². The molecule has 2 aromatic carbocycles. The standard InChI is InChI=1S/C15H4Cl4O4/c16-9-7-8(10(17)12(19)11(9)18)14(21)6-3-4(15(22)23)1-2-5(6)13(7)20/h1-3H,(H,22,23)/p-1. The summed E-state index contributed by atoms with van der Waals surface area (Å²) in [5.41, 5.74) is -0.691. The van der Waals surface area contributed by atoms with Crippen LogP contribution in [0.1, 0.15) is 42.2 Å². The molecule has 23 heavy (non-hydrogen) atoms. The van der Waals surface area contributed by atoms with Gasteiger partial charge >= 0.3 is 0 Å². The van der Waals surface area contributed by atoms with Crippen molar-refractivity contribution in [2.45, 2.75) is 0 Å². The van der Waals surface area contributed by atoms with Crippen molar-refractivity contribution in [1.82, 2.24) is 0 Å². The van der Waals surface area contributed by atoms with Crippen LogP contribution < -0.4 is 5.11 Å². The lowest BCUT2D eigenvalue weighted by Gasteiger charge is -2.21. The Hall–Kier alpha value is -1.59. The molecule has 3 rings (SSSR count). The lowest BCUT2D eigenvalue weighted by molar-refractivity contribution is -0.255. The van der Waals surface area contributed by atoms with E-state index in [4.69, 9.17) is 46.4 Å². The van der Waals surface area contributed by atoms with Gasteiger partial charge in [-0.25, -0.2) is 0 Å². The Morgan fingerprint density at radius 3 is 1.74 bits per heavy atom. The first-order valence-corrected chi connectivity index (χ1v) is 7.57. The minimum Gasteiger partial charge on any atom is -0.545 e. The van der Waals surface area contributed by atoms with Crippen molar-refractivity contribution < 1.29 is 19.5 Å². The van der Waals surface area contributed by atoms with E-state index in [0.717, 1.165) is 12.1 Å². The second-order valence-electron chi connectivity index (χ2n) is 4.71. The minimum atomic E-state index is -1.47. The number of halogens is 4. The third-order valence-corrected chi connectivity index (χ3v) is 5.27. The fraction of sp³-hybridized carbons (Fsp3) is 0. The molecule has 0 bridgehead atoms. The Kier molecular flexibility index (Phi) is 3.89. The molecule has 0 saturated carbocycles. The van der Waals surface area contributed by atoms with Gasteiger partial charge in [-0.2, -0.15) is 0 Å². The van der Waals surface area contributed by atoms with Gasteiger partial charge in [-0.05, 0) is 17.7 Å². The maximum absolute atomic E-state index is 12.7. The molecule has 8 heteroatoms. The molecule has 0 unspecified atom stereocenters. The number of benzene rings is 2. The number of carboxylic acid groups (broad SMARTS) is 1. The van der Waals surface area contributed by atoms with E-state index in [2.05, 4.69) is 0 Å². The largest absolute Gasteiger partial charge is 0.545 e. The molecule has 0 atom stereocenters. The van der Waals surface area contributed by atoms with Gasteiger partial charge in [0.05, 0.1) is 37.2 Å².